The molecule has 6 N–H and O–H groups in total. The van der Waals surface area contributed by atoms with Gasteiger partial charge in [-0.2, -0.15) is 0 Å². The normalized spacial score (nSPS) is 13.2. The highest BCUT2D eigenvalue weighted by atomic mass is 19.1. The topological polar surface area (TPSA) is 144 Å². The fourth-order valence-corrected chi connectivity index (χ4v) is 3.34. The van der Waals surface area contributed by atoms with E-state index in [0.717, 1.165) is 32.4 Å². The van der Waals surface area contributed by atoms with E-state index >= 15 is 0 Å². The van der Waals surface area contributed by atoms with Crippen molar-refractivity contribution in [2.45, 2.75) is 33.1 Å². The number of pyridine rings is 1. The van der Waals surface area contributed by atoms with Crippen LogP contribution in [0.3, 0.4) is 0 Å². The molecule has 0 saturated heterocycles. The number of phenols is 2. The minimum atomic E-state index is -0.789. The smallest absolute Gasteiger partial charge is 0.230 e. The molecule has 0 aliphatic heterocycles. The van der Waals surface area contributed by atoms with Gasteiger partial charge in [0.15, 0.2) is 11.5 Å². The Kier molecular flexibility index (Phi) is 7.93. The number of amides is 1. The number of nitrogens with two attached hydrogens (primary N) is 1. The number of phenolic OH excluding ortho intramolecular Hbond substituents is 2. The molecule has 1 aliphatic rings. The van der Waals surface area contributed by atoms with Crippen molar-refractivity contribution in [1.29, 1.82) is 5.41 Å². The molecule has 1 heterocycles. The van der Waals surface area contributed by atoms with Crippen molar-refractivity contribution in [2.24, 2.45) is 17.6 Å². The summed E-state index contributed by atoms with van der Waals surface area (Å²) >= 11 is 0. The predicted octanol–water partition coefficient (Wildman–Crippen LogP) is 2.98. The second-order valence-electron chi connectivity index (χ2n) is 7.77. The van der Waals surface area contributed by atoms with E-state index in [9.17, 15) is 19.4 Å². The summed E-state index contributed by atoms with van der Waals surface area (Å²) in [5, 5.41) is 35.5. The van der Waals surface area contributed by atoms with Gasteiger partial charge in [-0.15, -0.1) is 0 Å². The number of aliphatic hydroxyl groups is 1. The summed E-state index contributed by atoms with van der Waals surface area (Å²) in [5.74, 6) is -2.45. The number of carbonyl (C=O) groups excluding carboxylic acids is 1. The Morgan fingerprint density at radius 2 is 1.94 bits per heavy atom. The van der Waals surface area contributed by atoms with Crippen molar-refractivity contribution in [3.8, 4) is 22.6 Å². The lowest BCUT2D eigenvalue weighted by atomic mass is 9.84. The largest absolute Gasteiger partial charge is 0.504 e. The van der Waals surface area contributed by atoms with Crippen LogP contribution in [0.25, 0.3) is 11.1 Å². The third kappa shape index (κ3) is 5.11. The van der Waals surface area contributed by atoms with Gasteiger partial charge in [0, 0.05) is 37.4 Å². The Bertz CT molecular complexity index is 944. The molecule has 1 amide bonds. The Morgan fingerprint density at radius 3 is 2.39 bits per heavy atom. The number of anilines is 1. The van der Waals surface area contributed by atoms with E-state index in [0.29, 0.717) is 6.54 Å². The molecule has 8 nitrogen and oxygen atoms in total. The second-order valence-corrected chi connectivity index (χ2v) is 7.77. The zero-order valence-corrected chi connectivity index (χ0v) is 17.9. The van der Waals surface area contributed by atoms with Crippen LogP contribution in [-0.2, 0) is 4.79 Å². The average Bonchev–Trinajstić information content (AvgIpc) is 2.69. The number of carbonyl (C=O) groups is 1. The van der Waals surface area contributed by atoms with Crippen LogP contribution in [0.1, 0.15) is 38.8 Å². The van der Waals surface area contributed by atoms with Crippen LogP contribution < -0.4 is 10.6 Å². The monoisotopic (exact) mass is 432 g/mol. The summed E-state index contributed by atoms with van der Waals surface area (Å²) in [6, 6.07) is 3.95. The first-order valence-electron chi connectivity index (χ1n) is 10.0. The number of hydrogen-bond acceptors (Lipinski definition) is 6. The zero-order chi connectivity index (χ0) is 23.3. The fraction of sp³-hybridized carbons (Fsp3) is 0.409. The molecule has 1 aliphatic carbocycles. The van der Waals surface area contributed by atoms with E-state index in [-0.39, 0.29) is 46.1 Å². The molecule has 2 aromatic rings. The maximum atomic E-state index is 15.0. The van der Waals surface area contributed by atoms with E-state index in [4.69, 9.17) is 16.2 Å². The zero-order valence-electron chi connectivity index (χ0n) is 17.9. The first-order chi connectivity index (χ1) is 14.7. The second kappa shape index (κ2) is 10.2. The molecule has 1 saturated carbocycles. The van der Waals surface area contributed by atoms with E-state index in [1.54, 1.807) is 0 Å². The van der Waals surface area contributed by atoms with Crippen LogP contribution in [0.2, 0.25) is 0 Å². The van der Waals surface area contributed by atoms with Crippen molar-refractivity contribution in [3.05, 3.63) is 35.9 Å². The van der Waals surface area contributed by atoms with E-state index in [1.165, 1.54) is 23.2 Å². The number of nitrogens with one attached hydrogen (secondary N) is 1. The summed E-state index contributed by atoms with van der Waals surface area (Å²) in [7, 11) is 1.00. The van der Waals surface area contributed by atoms with Crippen LogP contribution in [0.5, 0.6) is 11.5 Å². The molecule has 1 aromatic heterocycles. The first-order valence-corrected chi connectivity index (χ1v) is 10.0. The van der Waals surface area contributed by atoms with E-state index < -0.39 is 17.3 Å². The molecule has 1 aromatic carbocycles. The van der Waals surface area contributed by atoms with Gasteiger partial charge in [0.05, 0.1) is 11.3 Å². The summed E-state index contributed by atoms with van der Waals surface area (Å²) in [6.45, 7) is 4.14. The maximum Gasteiger partial charge on any atom is 0.230 e. The lowest BCUT2D eigenvalue weighted by Gasteiger charge is -2.33. The highest BCUT2D eigenvalue weighted by molar-refractivity contribution is 5.98. The molecule has 31 heavy (non-hydrogen) atoms. The molecular formula is C22H29FN4O4. The molecule has 0 atom stereocenters. The molecule has 3 rings (SSSR count). The van der Waals surface area contributed by atoms with Crippen LogP contribution in [0.15, 0.2) is 24.4 Å². The van der Waals surface area contributed by atoms with Gasteiger partial charge in [-0.25, -0.2) is 4.39 Å². The van der Waals surface area contributed by atoms with Gasteiger partial charge in [0.1, 0.15) is 17.3 Å². The van der Waals surface area contributed by atoms with Crippen LogP contribution in [0.4, 0.5) is 10.1 Å². The summed E-state index contributed by atoms with van der Waals surface area (Å²) < 4.78 is 15.0. The summed E-state index contributed by atoms with van der Waals surface area (Å²) in [6.07, 6.45) is 3.78. The molecule has 0 bridgehead atoms. The van der Waals surface area contributed by atoms with Crippen molar-refractivity contribution < 1.29 is 24.5 Å². The van der Waals surface area contributed by atoms with E-state index in [2.05, 4.69) is 4.98 Å². The number of hydrogen-bond donors (Lipinski definition) is 5. The Hall–Kier alpha value is -3.20. The van der Waals surface area contributed by atoms with Gasteiger partial charge in [-0.05, 0) is 24.8 Å². The Balaban J connectivity index is 0.00000166. The lowest BCUT2D eigenvalue weighted by molar-refractivity contribution is -0.124. The number of aromatic hydroxyl groups is 2. The lowest BCUT2D eigenvalue weighted by Crippen LogP contribution is -2.41. The maximum absolute atomic E-state index is 15.0. The first kappa shape index (κ1) is 24.1. The minimum absolute atomic E-state index is 0.0392. The highest BCUT2D eigenvalue weighted by Gasteiger charge is 2.33. The van der Waals surface area contributed by atoms with Crippen molar-refractivity contribution in [3.63, 3.8) is 0 Å². The third-order valence-electron chi connectivity index (χ3n) is 5.09. The molecule has 0 radical (unpaired) electrons. The van der Waals surface area contributed by atoms with Gasteiger partial charge < -0.3 is 26.0 Å². The fourth-order valence-electron chi connectivity index (χ4n) is 3.34. The number of nitrogens with zero attached hydrogens (tertiary/aromatic N) is 2. The Labute approximate surface area is 180 Å². The predicted molar refractivity (Wildman–Crippen MR) is 117 cm³/mol. The molecule has 0 unspecified atom stereocenters. The van der Waals surface area contributed by atoms with Gasteiger partial charge in [0.25, 0.3) is 0 Å². The van der Waals surface area contributed by atoms with Crippen molar-refractivity contribution >= 4 is 17.4 Å². The molecule has 0 spiro atoms. The minimum Gasteiger partial charge on any atom is -0.504 e. The summed E-state index contributed by atoms with van der Waals surface area (Å²) in [4.78, 5) is 18.2. The SMILES string of the molecule is CC(C)CN(C(=O)C1CCC1)c1cc(F)c(-c2ccc(C(=N)N)nc2)c(O)c1O.CO. The van der Waals surface area contributed by atoms with Gasteiger partial charge >= 0.3 is 0 Å². The molecular weight excluding hydrogens is 403 g/mol. The van der Waals surface area contributed by atoms with Crippen molar-refractivity contribution in [2.75, 3.05) is 18.6 Å². The van der Waals surface area contributed by atoms with E-state index in [1.807, 2.05) is 13.8 Å². The standard InChI is InChI=1S/C21H25FN4O3.CH4O/c1-11(2)10-26(21(29)12-4-3-5-12)16-8-14(22)17(19(28)18(16)27)13-6-7-15(20(23)24)25-9-13;1-2/h6-9,11-12,27-28H,3-5,10H2,1-2H3,(H3,23,24);2H,1H3. The average molecular weight is 432 g/mol. The molecule has 168 valence electrons. The number of nitrogen functional groups attached to an aromatic ring is 1. The quantitative estimate of drug-likeness (QED) is 0.270. The number of amidine groups is 1. The molecule has 1 fully saturated rings. The number of halogens is 1. The van der Waals surface area contributed by atoms with Gasteiger partial charge in [0.2, 0.25) is 5.91 Å². The highest BCUT2D eigenvalue weighted by Crippen LogP contribution is 2.46. The third-order valence-corrected chi connectivity index (χ3v) is 5.09. The number of aromatic nitrogens is 1. The number of benzene rings is 1. The van der Waals surface area contributed by atoms with Crippen molar-refractivity contribution in [1.82, 2.24) is 4.98 Å². The van der Waals surface area contributed by atoms with Crippen LogP contribution in [0, 0.1) is 23.1 Å². The molecule has 9 heteroatoms. The van der Waals surface area contributed by atoms with Crippen LogP contribution >= 0.6 is 0 Å². The van der Waals surface area contributed by atoms with Gasteiger partial charge in [-0.3, -0.25) is 15.2 Å². The summed E-state index contributed by atoms with van der Waals surface area (Å²) in [5.41, 5.74) is 5.53. The Morgan fingerprint density at radius 1 is 1.29 bits per heavy atom. The number of rotatable bonds is 6. The number of aliphatic hydroxyl groups excluding tert-OH is 1. The van der Waals surface area contributed by atoms with Crippen LogP contribution in [-0.4, -0.2) is 45.7 Å². The van der Waals surface area contributed by atoms with Gasteiger partial charge in [-0.1, -0.05) is 26.3 Å².